The third kappa shape index (κ3) is 6.88. The lowest BCUT2D eigenvalue weighted by Gasteiger charge is -2.30. The van der Waals surface area contributed by atoms with Gasteiger partial charge in [-0.05, 0) is 47.4 Å². The summed E-state index contributed by atoms with van der Waals surface area (Å²) in [6, 6.07) is 5.66. The summed E-state index contributed by atoms with van der Waals surface area (Å²) in [4.78, 5) is 72.8. The molecule has 5 amide bonds. The molecule has 3 aromatic rings. The minimum Gasteiger partial charge on any atom is -0.534 e. The predicted octanol–water partition coefficient (Wildman–Crippen LogP) is 1.22. The molecular weight excluding hydrogens is 681 g/mol. The first kappa shape index (κ1) is 34.5. The molecule has 1 fully saturated rings. The van der Waals surface area contributed by atoms with Gasteiger partial charge < -0.3 is 50.3 Å². The van der Waals surface area contributed by atoms with Gasteiger partial charge in [-0.3, -0.25) is 9.36 Å². The Labute approximate surface area is 275 Å². The van der Waals surface area contributed by atoms with Crippen LogP contribution in [-0.4, -0.2) is 90.0 Å². The normalized spacial score (nSPS) is 16.6. The first-order chi connectivity index (χ1) is 22.6. The summed E-state index contributed by atoms with van der Waals surface area (Å²) in [6.45, 7) is -0.244. The summed E-state index contributed by atoms with van der Waals surface area (Å²) in [5.74, 6) is -6.40. The number of aromatic carboxylic acids is 1. The summed E-state index contributed by atoms with van der Waals surface area (Å²) in [5.41, 5.74) is -0.353. The average molecular weight is 707 g/mol. The highest BCUT2D eigenvalue weighted by molar-refractivity contribution is 7.60. The van der Waals surface area contributed by atoms with Crippen LogP contribution >= 0.6 is 19.2 Å². The van der Waals surface area contributed by atoms with Crippen molar-refractivity contribution in [1.29, 1.82) is 0 Å². The number of fused-ring (bicyclic) bond motifs is 1. The maximum atomic E-state index is 14.2. The Hall–Kier alpha value is -4.87. The second-order valence-corrected chi connectivity index (χ2v) is 12.8. The molecule has 3 aromatic carbocycles. The fourth-order valence-corrected chi connectivity index (χ4v) is 5.99. The Kier molecular flexibility index (Phi) is 9.57. The lowest BCUT2D eigenvalue weighted by Crippen LogP contribution is -2.56. The molecule has 16 nitrogen and oxygen atoms in total. The molecule has 5 rings (SSSR count). The number of carboxylic acid groups (broad SMARTS) is 1. The minimum atomic E-state index is -4.68. The van der Waals surface area contributed by atoms with E-state index >= 15 is 0 Å². The van der Waals surface area contributed by atoms with E-state index in [1.807, 2.05) is 0 Å². The number of carboxylic acids is 1. The van der Waals surface area contributed by atoms with Crippen molar-refractivity contribution < 1.29 is 62.9 Å². The Bertz CT molecular complexity index is 1860. The van der Waals surface area contributed by atoms with Crippen molar-refractivity contribution in [1.82, 2.24) is 20.4 Å². The highest BCUT2D eigenvalue weighted by Crippen LogP contribution is 2.37. The van der Waals surface area contributed by atoms with E-state index in [4.69, 9.17) is 16.3 Å². The van der Waals surface area contributed by atoms with Crippen LogP contribution < -0.4 is 20.6 Å². The average Bonchev–Trinajstić information content (AvgIpc) is 3.39. The van der Waals surface area contributed by atoms with Crippen LogP contribution in [0.5, 0.6) is 17.2 Å². The first-order valence-corrected chi connectivity index (χ1v) is 16.0. The number of halogens is 2. The molecule has 20 heteroatoms. The smallest absolute Gasteiger partial charge is 0.534 e. The summed E-state index contributed by atoms with van der Waals surface area (Å²) in [5, 5.41) is 43.9. The van der Waals surface area contributed by atoms with E-state index in [1.165, 1.54) is 35.2 Å². The van der Waals surface area contributed by atoms with Gasteiger partial charge in [-0.1, -0.05) is 35.9 Å². The highest BCUT2D eigenvalue weighted by Gasteiger charge is 2.41. The van der Waals surface area contributed by atoms with E-state index in [0.717, 1.165) is 23.1 Å². The molecule has 0 aliphatic carbocycles. The van der Waals surface area contributed by atoms with Gasteiger partial charge in [0.1, 0.15) is 23.2 Å². The van der Waals surface area contributed by atoms with Crippen LogP contribution in [0.25, 0.3) is 0 Å². The second kappa shape index (κ2) is 13.3. The van der Waals surface area contributed by atoms with Crippen molar-refractivity contribution in [2.75, 3.05) is 13.1 Å². The number of hydrogen-bond acceptors (Lipinski definition) is 9. The van der Waals surface area contributed by atoms with Gasteiger partial charge in [-0.15, -0.1) is 0 Å². The summed E-state index contributed by atoms with van der Waals surface area (Å²) >= 11 is 6.08. The summed E-state index contributed by atoms with van der Waals surface area (Å²) < 4.78 is 31.1. The summed E-state index contributed by atoms with van der Waals surface area (Å²) in [6.07, 6.45) is -0.213. The topological polar surface area (TPSA) is 246 Å². The van der Waals surface area contributed by atoms with Gasteiger partial charge in [0, 0.05) is 19.6 Å². The highest BCUT2D eigenvalue weighted by atomic mass is 35.5. The molecule has 2 heterocycles. The number of nitrogens with one attached hydrogen (secondary N) is 2. The number of phenols is 2. The number of nitrogens with zero attached hydrogens (tertiary/aromatic N) is 2. The fourth-order valence-electron chi connectivity index (χ4n) is 5.23. The molecule has 0 radical (unpaired) electrons. The van der Waals surface area contributed by atoms with Gasteiger partial charge >= 0.3 is 32.7 Å². The molecule has 48 heavy (non-hydrogen) atoms. The number of amides is 5. The molecule has 0 spiro atoms. The first-order valence-electron chi connectivity index (χ1n) is 14.0. The van der Waals surface area contributed by atoms with Crippen LogP contribution in [-0.2, 0) is 22.3 Å². The molecule has 2 atom stereocenters. The number of carbonyl (C=O) groups is 4. The van der Waals surface area contributed by atoms with Gasteiger partial charge in [0.25, 0.3) is 0 Å². The van der Waals surface area contributed by atoms with Crippen molar-refractivity contribution in [2.24, 2.45) is 0 Å². The fraction of sp³-hybridized carbons (Fsp3) is 0.214. The Morgan fingerprint density at radius 3 is 2.42 bits per heavy atom. The van der Waals surface area contributed by atoms with Gasteiger partial charge in [0.05, 0.1) is 16.3 Å². The van der Waals surface area contributed by atoms with E-state index in [9.17, 15) is 58.3 Å². The van der Waals surface area contributed by atoms with Gasteiger partial charge in [0.15, 0.2) is 11.5 Å². The quantitative estimate of drug-likeness (QED) is 0.0936. The van der Waals surface area contributed by atoms with Crippen molar-refractivity contribution in [3.8, 4) is 17.2 Å². The zero-order valence-electron chi connectivity index (χ0n) is 24.4. The minimum absolute atomic E-state index is 0.0229. The van der Waals surface area contributed by atoms with Crippen molar-refractivity contribution in [3.63, 3.8) is 0 Å². The Morgan fingerprint density at radius 1 is 1.08 bits per heavy atom. The maximum Gasteiger partial charge on any atom is 0.547 e. The van der Waals surface area contributed by atoms with Crippen LogP contribution in [0, 0.1) is 5.82 Å². The maximum absolute atomic E-state index is 14.2. The zero-order valence-corrected chi connectivity index (χ0v) is 26.1. The van der Waals surface area contributed by atoms with Gasteiger partial charge in [-0.2, -0.15) is 0 Å². The Morgan fingerprint density at radius 2 is 1.77 bits per heavy atom. The van der Waals surface area contributed by atoms with E-state index in [0.29, 0.717) is 0 Å². The molecule has 0 aromatic heterocycles. The number of imide groups is 1. The van der Waals surface area contributed by atoms with E-state index < -0.39 is 79.3 Å². The lowest BCUT2D eigenvalue weighted by atomic mass is 9.72. The number of carbonyl (C=O) groups excluding carboxylic acids is 3. The molecule has 252 valence electrons. The number of rotatable bonds is 8. The molecule has 2 aliphatic heterocycles. The standard InChI is InChI=1S/C28H26BClFN4O12P/c30-21-15(4-8-18(36)23(21)37)12-34-9-10-35(28(34)42)27(41)33-22(13-1-5-16(6-2-13)48(44,45)46)25(38)32-19-11-14-3-7-17(31)20(26(39)40)24(14)47-29(19)43/h1-8,19,22,36-37,43H,9-12H2,(H,32,38)(H,33,41)(H,39,40)(H2,44,45,46)/t19-,22?/m0/s1. The van der Waals surface area contributed by atoms with Crippen LogP contribution in [0.3, 0.4) is 0 Å². The molecule has 8 N–H and O–H groups in total. The van der Waals surface area contributed by atoms with Crippen LogP contribution in [0.4, 0.5) is 14.0 Å². The SMILES string of the molecule is O=C(O)c1c(F)ccc2c1OB(O)[C@@H](NC(=O)C(NC(=O)N1CCN(Cc3ccc(O)c(O)c3Cl)C1=O)c1ccc(P(=O)(O)O)cc1)C2. The van der Waals surface area contributed by atoms with Crippen molar-refractivity contribution in [3.05, 3.63) is 81.6 Å². The molecule has 0 saturated carbocycles. The van der Waals surface area contributed by atoms with Crippen LogP contribution in [0.1, 0.15) is 33.1 Å². The third-order valence-electron chi connectivity index (χ3n) is 7.72. The largest absolute Gasteiger partial charge is 0.547 e. The van der Waals surface area contributed by atoms with Gasteiger partial charge in [-0.25, -0.2) is 23.7 Å². The number of phenolic OH excluding ortho intramolecular Hbond substituents is 2. The molecular formula is C28H26BClFN4O12P. The monoisotopic (exact) mass is 706 g/mol. The number of benzene rings is 3. The molecule has 2 aliphatic rings. The lowest BCUT2D eigenvalue weighted by molar-refractivity contribution is -0.123. The number of hydrogen-bond donors (Lipinski definition) is 8. The van der Waals surface area contributed by atoms with E-state index in [1.54, 1.807) is 0 Å². The molecule has 1 unspecified atom stereocenters. The van der Waals surface area contributed by atoms with Crippen molar-refractivity contribution in [2.45, 2.75) is 24.9 Å². The number of aromatic hydroxyl groups is 2. The Balaban J connectivity index is 1.36. The third-order valence-corrected chi connectivity index (χ3v) is 9.11. The second-order valence-electron chi connectivity index (χ2n) is 10.8. The predicted molar refractivity (Wildman–Crippen MR) is 164 cm³/mol. The van der Waals surface area contributed by atoms with E-state index in [-0.39, 0.29) is 53.1 Å². The van der Waals surface area contributed by atoms with Crippen LogP contribution in [0.2, 0.25) is 5.02 Å². The number of urea groups is 2. The van der Waals surface area contributed by atoms with E-state index in [2.05, 4.69) is 10.6 Å². The summed E-state index contributed by atoms with van der Waals surface area (Å²) in [7, 11) is -6.53. The molecule has 1 saturated heterocycles. The zero-order chi connectivity index (χ0) is 35.1. The molecule has 0 bridgehead atoms. The van der Waals surface area contributed by atoms with Crippen molar-refractivity contribution >= 4 is 55.6 Å². The van der Waals surface area contributed by atoms with Gasteiger partial charge in [0.2, 0.25) is 5.91 Å². The van der Waals surface area contributed by atoms with Crippen LogP contribution in [0.15, 0.2) is 48.5 Å².